The van der Waals surface area contributed by atoms with Gasteiger partial charge in [0, 0.05) is 52.9 Å². The number of para-hydroxylation sites is 2. The van der Waals surface area contributed by atoms with E-state index in [9.17, 15) is 54.4 Å². The summed E-state index contributed by atoms with van der Waals surface area (Å²) in [5, 5.41) is 84.0. The second kappa shape index (κ2) is 24.3. The second-order valence-electron chi connectivity index (χ2n) is 16.1. The lowest BCUT2D eigenvalue weighted by Gasteiger charge is -2.26. The van der Waals surface area contributed by atoms with Crippen LogP contribution in [0.2, 0.25) is 5.02 Å². The molecule has 3 aromatic heterocycles. The summed E-state index contributed by atoms with van der Waals surface area (Å²) in [6, 6.07) is 16.9. The molecule has 0 radical (unpaired) electrons. The number of rotatable bonds is 23. The standard InChI is InChI=1S/C43H36ClN11O18S6/c1-21-25(20-45)41-46-26-7-3-4-8-30(26)55(41)42(57)37(21)51-50-29-17-24-22(14-35(29)78(63,64)65)13-34(76-73-71-59)39(40(24)56)52-48-27-19-32(69-2)28(18-31(27)54(9-5-11-74-72-70-58)10-6-12-77(60,61)62)49-53-43-47-38-33(75-43)15-23(44)16-36(38)79(66,67)68/h3-4,7-8,13-19,56-59H,5-6,9-12H2,1-2H3,(H,60,61,62)(H,63,64,65)(H,66,67,68). The number of methoxy groups -OCH3 is 1. The number of hydrogen-bond acceptors (Lipinski definition) is 28. The van der Waals surface area contributed by atoms with Gasteiger partial charge in [-0.3, -0.25) is 18.1 Å². The summed E-state index contributed by atoms with van der Waals surface area (Å²) < 4.78 is 120. The molecule has 0 aliphatic carbocycles. The lowest BCUT2D eigenvalue weighted by Crippen LogP contribution is -2.27. The van der Waals surface area contributed by atoms with Crippen LogP contribution in [-0.4, -0.2) is 106 Å². The van der Waals surface area contributed by atoms with E-state index in [0.29, 0.717) is 23.1 Å². The van der Waals surface area contributed by atoms with E-state index in [4.69, 9.17) is 26.9 Å². The van der Waals surface area contributed by atoms with E-state index in [2.05, 4.69) is 59.4 Å². The molecule has 0 saturated carbocycles. The van der Waals surface area contributed by atoms with E-state index in [1.54, 1.807) is 29.2 Å². The Morgan fingerprint density at radius 3 is 2.20 bits per heavy atom. The molecule has 36 heteroatoms. The fourth-order valence-corrected chi connectivity index (χ4v) is 11.8. The predicted octanol–water partition coefficient (Wildman–Crippen LogP) is 11.2. The van der Waals surface area contributed by atoms with Crippen LogP contribution in [0.5, 0.6) is 17.4 Å². The maximum absolute atomic E-state index is 12.9. The van der Waals surface area contributed by atoms with Crippen LogP contribution in [0.25, 0.3) is 37.7 Å². The number of thiazole rings is 1. The fourth-order valence-electron chi connectivity index (χ4n) is 7.86. The van der Waals surface area contributed by atoms with Crippen molar-refractivity contribution in [3.8, 4) is 23.4 Å². The van der Waals surface area contributed by atoms with Crippen LogP contribution in [0.1, 0.15) is 24.0 Å². The number of pyridine rings is 1. The minimum absolute atomic E-state index is 0.000666. The van der Waals surface area contributed by atoms with Gasteiger partial charge in [0.2, 0.25) is 11.0 Å². The van der Waals surface area contributed by atoms with Gasteiger partial charge in [-0.05, 0) is 73.7 Å². The second-order valence-corrected chi connectivity index (χ2v) is 23.5. The van der Waals surface area contributed by atoms with E-state index < -0.39 is 68.9 Å². The number of azo groups is 3. The third kappa shape index (κ3) is 13.1. The number of aromatic nitrogens is 3. The smallest absolute Gasteiger partial charge is 0.296 e. The zero-order valence-electron chi connectivity index (χ0n) is 40.0. The summed E-state index contributed by atoms with van der Waals surface area (Å²) in [4.78, 5) is 8.63. The maximum atomic E-state index is 12.9. The molecular weight excluding hydrogens is 1190 g/mol. The van der Waals surface area contributed by atoms with Gasteiger partial charge in [-0.25, -0.2) is 20.5 Å². The van der Waals surface area contributed by atoms with E-state index >= 15 is 0 Å². The highest BCUT2D eigenvalue weighted by Gasteiger charge is 2.26. The third-order valence-electron chi connectivity index (χ3n) is 11.2. The van der Waals surface area contributed by atoms with Gasteiger partial charge in [0.25, 0.3) is 30.4 Å². The molecule has 3 heterocycles. The van der Waals surface area contributed by atoms with Crippen molar-refractivity contribution in [3.05, 3.63) is 82.9 Å². The number of nitrogens with zero attached hydrogens (tertiary/aromatic N) is 11. The van der Waals surface area contributed by atoms with E-state index in [-0.39, 0.29) is 125 Å². The Kier molecular flexibility index (Phi) is 17.9. The van der Waals surface area contributed by atoms with Crippen molar-refractivity contribution in [2.75, 3.05) is 36.6 Å². The number of halogens is 1. The molecule has 8 rings (SSSR count). The summed E-state index contributed by atoms with van der Waals surface area (Å²) in [7, 11) is -13.2. The zero-order valence-corrected chi connectivity index (χ0v) is 45.6. The number of anilines is 1. The minimum atomic E-state index is -5.15. The number of hydrogen-bond donors (Lipinski definition) is 7. The number of imidazole rings is 1. The first kappa shape index (κ1) is 58.3. The van der Waals surface area contributed by atoms with Gasteiger partial charge in [0.1, 0.15) is 55.4 Å². The van der Waals surface area contributed by atoms with E-state index in [1.807, 2.05) is 6.07 Å². The van der Waals surface area contributed by atoms with Crippen molar-refractivity contribution >= 4 is 154 Å². The van der Waals surface area contributed by atoms with Crippen LogP contribution < -0.4 is 9.64 Å². The van der Waals surface area contributed by atoms with Crippen molar-refractivity contribution in [2.45, 2.75) is 34.5 Å². The Hall–Kier alpha value is -6.83. The largest absolute Gasteiger partial charge is 0.505 e. The molecule has 0 amide bonds. The van der Waals surface area contributed by atoms with Gasteiger partial charge >= 0.3 is 0 Å². The average Bonchev–Trinajstić information content (AvgIpc) is 4.12. The Morgan fingerprint density at radius 1 is 0.810 bits per heavy atom. The number of nitriles is 1. The van der Waals surface area contributed by atoms with Crippen molar-refractivity contribution in [1.29, 1.82) is 5.26 Å². The molecular formula is C43H36ClN11O18S6. The fraction of sp³-hybridized carbons (Fsp3) is 0.186. The highest BCUT2D eigenvalue weighted by Crippen LogP contribution is 2.49. The molecule has 0 unspecified atom stereocenters. The number of fused-ring (bicyclic) bond motifs is 5. The van der Waals surface area contributed by atoms with Crippen molar-refractivity contribution in [1.82, 2.24) is 14.4 Å². The van der Waals surface area contributed by atoms with Gasteiger partial charge < -0.3 is 19.8 Å². The first-order valence-corrected chi connectivity index (χ1v) is 29.2. The Balaban J connectivity index is 1.28. The monoisotopic (exact) mass is 1220 g/mol. The van der Waals surface area contributed by atoms with Crippen LogP contribution in [0.15, 0.2) is 112 Å². The van der Waals surface area contributed by atoms with Crippen LogP contribution in [0.3, 0.4) is 0 Å². The third-order valence-corrected chi connectivity index (χ3v) is 16.1. The lowest BCUT2D eigenvalue weighted by atomic mass is 10.1. The van der Waals surface area contributed by atoms with Crippen LogP contribution in [-0.2, 0) is 49.1 Å². The molecule has 7 N–H and O–H groups in total. The Labute approximate surface area is 462 Å². The number of ether oxygens (including phenoxy) is 1. The van der Waals surface area contributed by atoms with Crippen molar-refractivity contribution in [3.63, 3.8) is 0 Å². The van der Waals surface area contributed by atoms with Gasteiger partial charge in [0.05, 0.1) is 51.2 Å². The van der Waals surface area contributed by atoms with Gasteiger partial charge in [-0.15, -0.1) is 39.4 Å². The highest BCUT2D eigenvalue weighted by molar-refractivity contribution is 7.94. The molecule has 8 aromatic rings. The van der Waals surface area contributed by atoms with Crippen LogP contribution in [0, 0.1) is 18.3 Å². The molecule has 0 aliphatic rings. The summed E-state index contributed by atoms with van der Waals surface area (Å²) >= 11 is 7.95. The van der Waals surface area contributed by atoms with Gasteiger partial charge in [-0.2, -0.15) is 30.5 Å². The molecule has 29 nitrogen and oxygen atoms in total. The summed E-state index contributed by atoms with van der Waals surface area (Å²) in [6.45, 7) is 1.41. The molecule has 0 atom stereocenters. The first-order chi connectivity index (χ1) is 37.5. The summed E-state index contributed by atoms with van der Waals surface area (Å²) in [6.07, 6.45) is 0.0726. The average molecular weight is 1220 g/mol. The molecule has 79 heavy (non-hydrogen) atoms. The quantitative estimate of drug-likeness (QED) is 0.00781. The van der Waals surface area contributed by atoms with Crippen LogP contribution in [0.4, 0.5) is 39.3 Å². The van der Waals surface area contributed by atoms with Gasteiger partial charge in [-0.1, -0.05) is 45.1 Å². The maximum Gasteiger partial charge on any atom is 0.296 e. The number of phenolic OH excluding ortho intramolecular Hbond substituents is 1. The number of aromatic hydroxyl groups is 2. The SMILES string of the molecule is COc1cc(N=Nc2c(SOOO)cc3cc(S(=O)(=O)O)c(N=Nc4c(C)c(C#N)c5nc6ccccc6n5c4O)cc3c2O)c(N(CCCSOOO)CCCS(=O)(=O)O)cc1N=Nc1nc2c(S(=O)(=O)O)cc(Cl)cc2s1. The molecule has 0 saturated heterocycles. The zero-order chi connectivity index (χ0) is 57.0. The minimum Gasteiger partial charge on any atom is -0.505 e. The summed E-state index contributed by atoms with van der Waals surface area (Å²) in [5.41, 5.74) is -0.437. The van der Waals surface area contributed by atoms with Crippen LogP contribution >= 0.6 is 47.0 Å². The summed E-state index contributed by atoms with van der Waals surface area (Å²) in [5.74, 6) is -1.83. The lowest BCUT2D eigenvalue weighted by molar-refractivity contribution is -0.432. The normalized spacial score (nSPS) is 12.6. The van der Waals surface area contributed by atoms with E-state index in [1.165, 1.54) is 42.7 Å². The predicted molar refractivity (Wildman–Crippen MR) is 285 cm³/mol. The van der Waals surface area contributed by atoms with E-state index in [0.717, 1.165) is 29.5 Å². The first-order valence-electron chi connectivity index (χ1n) is 21.9. The number of benzene rings is 5. The molecule has 0 spiro atoms. The number of phenols is 1. The Bertz CT molecular complexity index is 4200. The van der Waals surface area contributed by atoms with Crippen molar-refractivity contribution < 1.29 is 83.1 Å². The topological polar surface area (TPSA) is 422 Å². The Morgan fingerprint density at radius 2 is 1.51 bits per heavy atom. The molecule has 0 bridgehead atoms. The molecule has 0 fully saturated rings. The molecule has 0 aliphatic heterocycles. The van der Waals surface area contributed by atoms with Crippen molar-refractivity contribution in [2.24, 2.45) is 30.7 Å². The van der Waals surface area contributed by atoms with Gasteiger partial charge in [0.15, 0.2) is 17.1 Å². The molecule has 414 valence electrons. The molecule has 5 aromatic carbocycles. The highest BCUT2D eigenvalue weighted by atomic mass is 35.5.